The molecule has 1 heterocycles. The molecule has 0 spiro atoms. The number of aromatic nitrogens is 2. The molecule has 9 heteroatoms. The fraction of sp³-hybridized carbons (Fsp3) is 0.222. The van der Waals surface area contributed by atoms with Gasteiger partial charge < -0.3 is 5.32 Å². The SMILES string of the molecule is CC(C)[C@H](NS(=O)(=O)c1ccc(Br)cc1)C(=O)Nc1ccc2[nH]ncc2c1. The molecule has 0 unspecified atom stereocenters. The van der Waals surface area contributed by atoms with Crippen LogP contribution in [0.1, 0.15) is 13.8 Å². The van der Waals surface area contributed by atoms with Gasteiger partial charge in [-0.25, -0.2) is 8.42 Å². The van der Waals surface area contributed by atoms with Crippen LogP contribution in [0.3, 0.4) is 0 Å². The minimum Gasteiger partial charge on any atom is -0.325 e. The zero-order chi connectivity index (χ0) is 19.6. The van der Waals surface area contributed by atoms with Gasteiger partial charge in [-0.3, -0.25) is 9.89 Å². The average Bonchev–Trinajstić information content (AvgIpc) is 3.07. The maximum Gasteiger partial charge on any atom is 0.242 e. The number of H-pyrrole nitrogens is 1. The molecule has 0 fully saturated rings. The Hall–Kier alpha value is -2.23. The van der Waals surface area contributed by atoms with Crippen LogP contribution in [-0.2, 0) is 14.8 Å². The summed E-state index contributed by atoms with van der Waals surface area (Å²) in [6.07, 6.45) is 1.65. The predicted octanol–water partition coefficient (Wildman–Crippen LogP) is 3.27. The Kier molecular flexibility index (Phi) is 5.64. The predicted molar refractivity (Wildman–Crippen MR) is 108 cm³/mol. The second-order valence-electron chi connectivity index (χ2n) is 6.46. The van der Waals surface area contributed by atoms with Crippen molar-refractivity contribution >= 4 is 48.5 Å². The van der Waals surface area contributed by atoms with Crippen LogP contribution in [0.5, 0.6) is 0 Å². The van der Waals surface area contributed by atoms with E-state index in [9.17, 15) is 13.2 Å². The Labute approximate surface area is 165 Å². The molecule has 3 N–H and O–H groups in total. The van der Waals surface area contributed by atoms with E-state index in [-0.39, 0.29) is 10.8 Å². The van der Waals surface area contributed by atoms with E-state index in [1.807, 2.05) is 0 Å². The third-order valence-electron chi connectivity index (χ3n) is 4.06. The van der Waals surface area contributed by atoms with Crippen LogP contribution in [0.25, 0.3) is 10.9 Å². The van der Waals surface area contributed by atoms with Crippen LogP contribution in [0.4, 0.5) is 5.69 Å². The summed E-state index contributed by atoms with van der Waals surface area (Å²) in [4.78, 5) is 12.8. The van der Waals surface area contributed by atoms with Crippen LogP contribution in [0.15, 0.2) is 58.0 Å². The van der Waals surface area contributed by atoms with Crippen LogP contribution in [-0.4, -0.2) is 30.6 Å². The second kappa shape index (κ2) is 7.79. The van der Waals surface area contributed by atoms with Crippen molar-refractivity contribution in [3.8, 4) is 0 Å². The van der Waals surface area contributed by atoms with Gasteiger partial charge in [0.05, 0.1) is 16.6 Å². The number of rotatable bonds is 6. The first-order valence-corrected chi connectivity index (χ1v) is 10.6. The molecule has 3 rings (SSSR count). The summed E-state index contributed by atoms with van der Waals surface area (Å²) in [7, 11) is -3.83. The fourth-order valence-electron chi connectivity index (χ4n) is 2.58. The minimum atomic E-state index is -3.83. The average molecular weight is 451 g/mol. The molecule has 2 aromatic carbocycles. The number of carbonyl (C=O) groups excluding carboxylic acids is 1. The molecule has 0 radical (unpaired) electrons. The van der Waals surface area contributed by atoms with Crippen molar-refractivity contribution in [2.45, 2.75) is 24.8 Å². The van der Waals surface area contributed by atoms with Gasteiger partial charge in [-0.15, -0.1) is 0 Å². The number of halogens is 1. The monoisotopic (exact) mass is 450 g/mol. The lowest BCUT2D eigenvalue weighted by Gasteiger charge is -2.21. The van der Waals surface area contributed by atoms with E-state index < -0.39 is 22.0 Å². The van der Waals surface area contributed by atoms with E-state index in [1.54, 1.807) is 50.4 Å². The van der Waals surface area contributed by atoms with E-state index in [0.29, 0.717) is 5.69 Å². The molecule has 0 aliphatic carbocycles. The van der Waals surface area contributed by atoms with Gasteiger partial charge >= 0.3 is 0 Å². The summed E-state index contributed by atoms with van der Waals surface area (Å²) in [5.74, 6) is -0.665. The van der Waals surface area contributed by atoms with E-state index in [4.69, 9.17) is 0 Å². The molecular formula is C18H19BrN4O3S. The van der Waals surface area contributed by atoms with Crippen LogP contribution in [0, 0.1) is 5.92 Å². The molecule has 142 valence electrons. The summed E-state index contributed by atoms with van der Waals surface area (Å²) in [6, 6.07) is 10.6. The highest BCUT2D eigenvalue weighted by molar-refractivity contribution is 9.10. The maximum atomic E-state index is 12.7. The Morgan fingerprint density at radius 3 is 2.52 bits per heavy atom. The summed E-state index contributed by atoms with van der Waals surface area (Å²) in [5, 5.41) is 10.4. The Morgan fingerprint density at radius 1 is 1.15 bits per heavy atom. The molecular weight excluding hydrogens is 432 g/mol. The van der Waals surface area contributed by atoms with Gasteiger partial charge in [0.15, 0.2) is 0 Å². The zero-order valence-corrected chi connectivity index (χ0v) is 17.1. The first-order valence-electron chi connectivity index (χ1n) is 8.28. The zero-order valence-electron chi connectivity index (χ0n) is 14.7. The number of aromatic amines is 1. The van der Waals surface area contributed by atoms with Gasteiger partial charge in [0.25, 0.3) is 0 Å². The van der Waals surface area contributed by atoms with Crippen molar-refractivity contribution in [2.24, 2.45) is 5.92 Å². The lowest BCUT2D eigenvalue weighted by Crippen LogP contribution is -2.47. The van der Waals surface area contributed by atoms with Crippen molar-refractivity contribution in [1.82, 2.24) is 14.9 Å². The second-order valence-corrected chi connectivity index (χ2v) is 9.09. The molecule has 0 bridgehead atoms. The molecule has 7 nitrogen and oxygen atoms in total. The third kappa shape index (κ3) is 4.55. The Balaban J connectivity index is 1.79. The smallest absolute Gasteiger partial charge is 0.242 e. The van der Waals surface area contributed by atoms with Gasteiger partial charge in [-0.1, -0.05) is 29.8 Å². The highest BCUT2D eigenvalue weighted by Gasteiger charge is 2.28. The number of benzene rings is 2. The van der Waals surface area contributed by atoms with Crippen LogP contribution in [0.2, 0.25) is 0 Å². The molecule has 27 heavy (non-hydrogen) atoms. The number of anilines is 1. The van der Waals surface area contributed by atoms with Crippen molar-refractivity contribution in [3.05, 3.63) is 53.1 Å². The molecule has 0 aliphatic heterocycles. The first-order chi connectivity index (χ1) is 12.8. The Bertz CT molecular complexity index is 1060. The van der Waals surface area contributed by atoms with E-state index in [0.717, 1.165) is 15.4 Å². The third-order valence-corrected chi connectivity index (χ3v) is 6.05. The summed E-state index contributed by atoms with van der Waals surface area (Å²) in [6.45, 7) is 3.57. The molecule has 0 aliphatic rings. The standard InChI is InChI=1S/C18H19BrN4O3S/c1-11(2)17(23-27(25,26)15-6-3-13(19)4-7-15)18(24)21-14-5-8-16-12(9-14)10-20-22-16/h3-11,17,23H,1-2H3,(H,20,22)(H,21,24)/t17-/m0/s1. The van der Waals surface area contributed by atoms with Crippen molar-refractivity contribution < 1.29 is 13.2 Å². The number of carbonyl (C=O) groups is 1. The number of nitrogens with one attached hydrogen (secondary N) is 3. The topological polar surface area (TPSA) is 104 Å². The number of nitrogens with zero attached hydrogens (tertiary/aromatic N) is 1. The number of sulfonamides is 1. The van der Waals surface area contributed by atoms with Gasteiger partial charge in [0.2, 0.25) is 15.9 Å². The number of fused-ring (bicyclic) bond motifs is 1. The normalized spacial score (nSPS) is 13.0. The molecule has 1 aromatic heterocycles. The highest BCUT2D eigenvalue weighted by Crippen LogP contribution is 2.19. The summed E-state index contributed by atoms with van der Waals surface area (Å²) in [5.41, 5.74) is 1.42. The van der Waals surface area contributed by atoms with Gasteiger partial charge in [0, 0.05) is 15.5 Å². The Morgan fingerprint density at radius 2 is 1.85 bits per heavy atom. The van der Waals surface area contributed by atoms with E-state index in [2.05, 4.69) is 36.2 Å². The number of hydrogen-bond donors (Lipinski definition) is 3. The van der Waals surface area contributed by atoms with Gasteiger partial charge in [0.1, 0.15) is 6.04 Å². The highest BCUT2D eigenvalue weighted by atomic mass is 79.9. The van der Waals surface area contributed by atoms with Crippen LogP contribution >= 0.6 is 15.9 Å². The lowest BCUT2D eigenvalue weighted by atomic mass is 10.0. The van der Waals surface area contributed by atoms with E-state index in [1.165, 1.54) is 12.1 Å². The van der Waals surface area contributed by atoms with Gasteiger partial charge in [-0.2, -0.15) is 9.82 Å². The largest absolute Gasteiger partial charge is 0.325 e. The number of amides is 1. The molecule has 3 aromatic rings. The summed E-state index contributed by atoms with van der Waals surface area (Å²) < 4.78 is 28.6. The van der Waals surface area contributed by atoms with Crippen molar-refractivity contribution in [2.75, 3.05) is 5.32 Å². The maximum absolute atomic E-state index is 12.7. The number of hydrogen-bond acceptors (Lipinski definition) is 4. The lowest BCUT2D eigenvalue weighted by molar-refractivity contribution is -0.118. The first kappa shape index (κ1) is 19.5. The van der Waals surface area contributed by atoms with Crippen molar-refractivity contribution in [1.29, 1.82) is 0 Å². The molecule has 1 atom stereocenters. The van der Waals surface area contributed by atoms with Crippen LogP contribution < -0.4 is 10.0 Å². The summed E-state index contributed by atoms with van der Waals surface area (Å²) >= 11 is 3.27. The fourth-order valence-corrected chi connectivity index (χ4v) is 4.19. The van der Waals surface area contributed by atoms with E-state index >= 15 is 0 Å². The minimum absolute atomic E-state index is 0.101. The quantitative estimate of drug-likeness (QED) is 0.535. The molecule has 1 amide bonds. The van der Waals surface area contributed by atoms with Gasteiger partial charge in [-0.05, 0) is 48.4 Å². The molecule has 0 saturated heterocycles. The van der Waals surface area contributed by atoms with Crippen molar-refractivity contribution in [3.63, 3.8) is 0 Å². The molecule has 0 saturated carbocycles.